The Hall–Kier alpha value is -3.72. The summed E-state index contributed by atoms with van der Waals surface area (Å²) in [4.78, 5) is 13.6. The molecule has 2 atom stereocenters. The number of ether oxygens (including phenoxy) is 3. The van der Waals surface area contributed by atoms with Gasteiger partial charge in [0, 0.05) is 0 Å². The number of nitrogens with zero attached hydrogens (tertiary/aromatic N) is 1. The van der Waals surface area contributed by atoms with Crippen LogP contribution < -0.4 is 23.8 Å². The van der Waals surface area contributed by atoms with E-state index >= 15 is 0 Å². The number of benzene rings is 3. The van der Waals surface area contributed by atoms with Gasteiger partial charge < -0.3 is 19.5 Å². The quantitative estimate of drug-likeness (QED) is 0.409. The van der Waals surface area contributed by atoms with Crippen LogP contribution in [0, 0.1) is 13.8 Å². The van der Waals surface area contributed by atoms with Gasteiger partial charge in [0.25, 0.3) is 15.9 Å². The summed E-state index contributed by atoms with van der Waals surface area (Å²) < 4.78 is 45.6. The molecular formula is C30H36N2O6S. The Balaban J connectivity index is 1.64. The minimum absolute atomic E-state index is 0.0975. The lowest BCUT2D eigenvalue weighted by Crippen LogP contribution is -2.51. The average molecular weight is 553 g/mol. The lowest BCUT2D eigenvalue weighted by molar-refractivity contribution is -0.128. The number of fused-ring (bicyclic) bond motifs is 1. The SMILES string of the molecule is COc1ccc(S(=O)(=O)N2C[C@@H](C(=O)N[C@H](C)c3cc(C(C)C)c(OC)cc3C)Oc3ccc(C)cc32)cc1. The average Bonchev–Trinajstić information content (AvgIpc) is 2.91. The summed E-state index contributed by atoms with van der Waals surface area (Å²) >= 11 is 0. The van der Waals surface area contributed by atoms with Crippen LogP contribution in [0.4, 0.5) is 5.69 Å². The standard InChI is InChI=1S/C30H36N2O6S/c1-18(2)24-16-25(20(4)15-28(24)37-7)21(5)31-30(33)29-17-32(26-14-19(3)8-13-27(26)38-29)39(34,35)23-11-9-22(36-6)10-12-23/h8-16,18,21,29H,17H2,1-7H3,(H,31,33)/t21-,29+/m1/s1. The van der Waals surface area contributed by atoms with E-state index in [9.17, 15) is 13.2 Å². The van der Waals surface area contributed by atoms with Crippen molar-refractivity contribution < 1.29 is 27.4 Å². The molecule has 0 fully saturated rings. The molecule has 1 aliphatic heterocycles. The zero-order chi connectivity index (χ0) is 28.5. The van der Waals surface area contributed by atoms with Gasteiger partial charge in [0.1, 0.15) is 17.2 Å². The van der Waals surface area contributed by atoms with Gasteiger partial charge >= 0.3 is 0 Å². The summed E-state index contributed by atoms with van der Waals surface area (Å²) in [7, 11) is -0.820. The molecule has 9 heteroatoms. The molecule has 8 nitrogen and oxygen atoms in total. The van der Waals surface area contributed by atoms with Gasteiger partial charge in [-0.2, -0.15) is 0 Å². The zero-order valence-electron chi connectivity index (χ0n) is 23.4. The lowest BCUT2D eigenvalue weighted by Gasteiger charge is -2.35. The summed E-state index contributed by atoms with van der Waals surface area (Å²) in [6.07, 6.45) is -1.04. The monoisotopic (exact) mass is 552 g/mol. The van der Waals surface area contributed by atoms with Crippen molar-refractivity contribution in [1.82, 2.24) is 5.32 Å². The lowest BCUT2D eigenvalue weighted by atomic mass is 9.93. The van der Waals surface area contributed by atoms with Crippen molar-refractivity contribution in [1.29, 1.82) is 0 Å². The number of aryl methyl sites for hydroxylation is 2. The van der Waals surface area contributed by atoms with Crippen LogP contribution in [0.15, 0.2) is 59.5 Å². The summed E-state index contributed by atoms with van der Waals surface area (Å²) in [6, 6.07) is 15.2. The van der Waals surface area contributed by atoms with Gasteiger partial charge in [0.15, 0.2) is 6.10 Å². The molecule has 0 aliphatic carbocycles. The molecule has 3 aromatic rings. The van der Waals surface area contributed by atoms with E-state index in [-0.39, 0.29) is 23.4 Å². The second kappa shape index (κ2) is 11.2. The number of carbonyl (C=O) groups excluding carboxylic acids is 1. The molecule has 39 heavy (non-hydrogen) atoms. The number of carbonyl (C=O) groups is 1. The highest BCUT2D eigenvalue weighted by atomic mass is 32.2. The van der Waals surface area contributed by atoms with Gasteiger partial charge in [-0.3, -0.25) is 9.10 Å². The third-order valence-electron chi connectivity index (χ3n) is 6.99. The molecule has 1 N–H and O–H groups in total. The smallest absolute Gasteiger partial charge is 0.264 e. The van der Waals surface area contributed by atoms with Gasteiger partial charge in [-0.25, -0.2) is 8.42 Å². The second-order valence-corrected chi connectivity index (χ2v) is 12.0. The van der Waals surface area contributed by atoms with E-state index in [1.807, 2.05) is 32.9 Å². The predicted molar refractivity (Wildman–Crippen MR) is 151 cm³/mol. The topological polar surface area (TPSA) is 94.2 Å². The number of sulfonamides is 1. The largest absolute Gasteiger partial charge is 0.497 e. The Bertz CT molecular complexity index is 1470. The van der Waals surface area contributed by atoms with Crippen molar-refractivity contribution in [3.8, 4) is 17.2 Å². The molecule has 0 unspecified atom stereocenters. The molecule has 0 bridgehead atoms. The van der Waals surface area contributed by atoms with Gasteiger partial charge in [0.2, 0.25) is 0 Å². The Kier molecular flexibility index (Phi) is 8.11. The number of amides is 1. The summed E-state index contributed by atoms with van der Waals surface area (Å²) in [6.45, 7) is 9.77. The number of nitrogens with one attached hydrogen (secondary N) is 1. The van der Waals surface area contributed by atoms with Crippen LogP contribution in [0.1, 0.15) is 55.0 Å². The van der Waals surface area contributed by atoms with Gasteiger partial charge in [0.05, 0.1) is 37.4 Å². The van der Waals surface area contributed by atoms with E-state index in [1.54, 1.807) is 31.4 Å². The molecule has 0 saturated carbocycles. The minimum atomic E-state index is -3.99. The number of anilines is 1. The van der Waals surface area contributed by atoms with Gasteiger partial charge in [-0.05, 0) is 97.5 Å². The molecule has 0 radical (unpaired) electrons. The van der Waals surface area contributed by atoms with Crippen molar-refractivity contribution in [2.24, 2.45) is 0 Å². The highest BCUT2D eigenvalue weighted by Crippen LogP contribution is 2.38. The summed E-state index contributed by atoms with van der Waals surface area (Å²) in [5.41, 5.74) is 4.27. The first-order chi connectivity index (χ1) is 18.5. The predicted octanol–water partition coefficient (Wildman–Crippen LogP) is 5.28. The van der Waals surface area contributed by atoms with E-state index in [1.165, 1.54) is 23.5 Å². The third-order valence-corrected chi connectivity index (χ3v) is 8.78. The van der Waals surface area contributed by atoms with E-state index in [0.29, 0.717) is 17.2 Å². The Morgan fingerprint density at radius 2 is 1.67 bits per heavy atom. The maximum atomic E-state index is 13.8. The van der Waals surface area contributed by atoms with Crippen LogP contribution in [-0.4, -0.2) is 41.2 Å². The molecule has 0 spiro atoms. The molecule has 0 saturated heterocycles. The van der Waals surface area contributed by atoms with Crippen molar-refractivity contribution >= 4 is 21.6 Å². The first-order valence-corrected chi connectivity index (χ1v) is 14.3. The maximum Gasteiger partial charge on any atom is 0.264 e. The van der Waals surface area contributed by atoms with Crippen molar-refractivity contribution in [3.63, 3.8) is 0 Å². The summed E-state index contributed by atoms with van der Waals surface area (Å²) in [5, 5.41) is 3.04. The summed E-state index contributed by atoms with van der Waals surface area (Å²) in [5.74, 6) is 1.53. The molecular weight excluding hydrogens is 516 g/mol. The molecule has 1 amide bonds. The van der Waals surface area contributed by atoms with Crippen molar-refractivity contribution in [2.45, 2.75) is 57.6 Å². The third kappa shape index (κ3) is 5.68. The highest BCUT2D eigenvalue weighted by molar-refractivity contribution is 7.92. The van der Waals surface area contributed by atoms with Crippen molar-refractivity contribution in [2.75, 3.05) is 25.1 Å². The van der Waals surface area contributed by atoms with Gasteiger partial charge in [-0.1, -0.05) is 19.9 Å². The number of hydrogen-bond donors (Lipinski definition) is 1. The normalized spacial score (nSPS) is 15.8. The van der Waals surface area contributed by atoms with E-state index in [2.05, 4.69) is 25.2 Å². The molecule has 3 aromatic carbocycles. The van der Waals surface area contributed by atoms with Crippen LogP contribution in [-0.2, 0) is 14.8 Å². The van der Waals surface area contributed by atoms with Crippen LogP contribution in [0.2, 0.25) is 0 Å². The first-order valence-electron chi connectivity index (χ1n) is 12.9. The fourth-order valence-electron chi connectivity index (χ4n) is 4.79. The van der Waals surface area contributed by atoms with Crippen molar-refractivity contribution in [3.05, 3.63) is 76.9 Å². The zero-order valence-corrected chi connectivity index (χ0v) is 24.3. The molecule has 1 heterocycles. The number of rotatable bonds is 8. The number of methoxy groups -OCH3 is 2. The maximum absolute atomic E-state index is 13.8. The molecule has 4 rings (SSSR count). The van der Waals surface area contributed by atoms with Crippen LogP contribution in [0.25, 0.3) is 0 Å². The molecule has 0 aromatic heterocycles. The molecule has 1 aliphatic rings. The van der Waals surface area contributed by atoms with Crippen LogP contribution in [0.3, 0.4) is 0 Å². The number of hydrogen-bond acceptors (Lipinski definition) is 6. The Morgan fingerprint density at radius 1 is 0.974 bits per heavy atom. The fourth-order valence-corrected chi connectivity index (χ4v) is 6.26. The van der Waals surface area contributed by atoms with Crippen LogP contribution >= 0.6 is 0 Å². The first kappa shape index (κ1) is 28.3. The highest BCUT2D eigenvalue weighted by Gasteiger charge is 2.38. The van der Waals surface area contributed by atoms with Gasteiger partial charge in [-0.15, -0.1) is 0 Å². The van der Waals surface area contributed by atoms with Crippen LogP contribution in [0.5, 0.6) is 17.2 Å². The van der Waals surface area contributed by atoms with E-state index in [0.717, 1.165) is 28.0 Å². The second-order valence-electron chi connectivity index (χ2n) is 10.1. The Morgan fingerprint density at radius 3 is 2.28 bits per heavy atom. The Labute approximate surface area is 230 Å². The fraction of sp³-hybridized carbons (Fsp3) is 0.367. The molecule has 208 valence electrons. The van der Waals surface area contributed by atoms with E-state index < -0.39 is 22.0 Å². The van der Waals surface area contributed by atoms with E-state index in [4.69, 9.17) is 14.2 Å². The minimum Gasteiger partial charge on any atom is -0.497 e.